The average Bonchev–Trinajstić information content (AvgIpc) is 3.30. The van der Waals surface area contributed by atoms with Crippen molar-refractivity contribution >= 4 is 17.9 Å². The number of ether oxygens (including phenoxy) is 3. The van der Waals surface area contributed by atoms with Crippen LogP contribution in [-0.4, -0.2) is 37.2 Å². The fraction of sp³-hybridized carbons (Fsp3) is 0.746. The van der Waals surface area contributed by atoms with Crippen molar-refractivity contribution in [2.75, 3.05) is 13.2 Å². The third-order valence-electron chi connectivity index (χ3n) is 11.7. The van der Waals surface area contributed by atoms with E-state index in [0.717, 1.165) is 109 Å². The van der Waals surface area contributed by atoms with Crippen LogP contribution >= 0.6 is 0 Å². The molecule has 0 bridgehead atoms. The summed E-state index contributed by atoms with van der Waals surface area (Å²) in [5.74, 6) is -0.912. The van der Waals surface area contributed by atoms with Crippen molar-refractivity contribution in [2.24, 2.45) is 0 Å². The van der Waals surface area contributed by atoms with E-state index in [0.29, 0.717) is 19.3 Å². The fourth-order valence-corrected chi connectivity index (χ4v) is 7.54. The molecule has 0 radical (unpaired) electrons. The van der Waals surface area contributed by atoms with Crippen molar-refractivity contribution in [1.82, 2.24) is 0 Å². The number of carbonyl (C=O) groups excluding carboxylic acids is 3. The summed E-state index contributed by atoms with van der Waals surface area (Å²) >= 11 is 0. The van der Waals surface area contributed by atoms with Crippen molar-refractivity contribution in [1.29, 1.82) is 0 Å². The van der Waals surface area contributed by atoms with E-state index in [1.54, 1.807) is 0 Å². The van der Waals surface area contributed by atoms with Crippen LogP contribution in [-0.2, 0) is 28.6 Å². The zero-order chi connectivity index (χ0) is 47.2. The Hall–Kier alpha value is -3.15. The van der Waals surface area contributed by atoms with E-state index in [1.807, 2.05) is 0 Å². The molecule has 0 aromatic heterocycles. The molecular formula is C59H102O6. The lowest BCUT2D eigenvalue weighted by Gasteiger charge is -2.18. The molecule has 0 aliphatic heterocycles. The van der Waals surface area contributed by atoms with Crippen LogP contribution in [0.15, 0.2) is 72.9 Å². The molecule has 1 atom stereocenters. The fourth-order valence-electron chi connectivity index (χ4n) is 7.54. The molecule has 0 aliphatic carbocycles. The lowest BCUT2D eigenvalue weighted by atomic mass is 10.1. The first-order valence-electron chi connectivity index (χ1n) is 27.4. The highest BCUT2D eigenvalue weighted by Crippen LogP contribution is 2.15. The SMILES string of the molecule is CC/C=C\C/C=C\C/C=C\CCCCCCCC(=O)O[C@H](COC(=O)CCCCCCC/C=C\CCCCCC)COC(=O)CCCCCCCCCCC/C=C\C/C=C\CCCCC. The smallest absolute Gasteiger partial charge is 0.306 e. The van der Waals surface area contributed by atoms with Crippen LogP contribution in [0.5, 0.6) is 0 Å². The first-order chi connectivity index (χ1) is 32.0. The van der Waals surface area contributed by atoms with Gasteiger partial charge in [0.1, 0.15) is 13.2 Å². The predicted molar refractivity (Wildman–Crippen MR) is 279 cm³/mol. The summed E-state index contributed by atoms with van der Waals surface area (Å²) in [5, 5.41) is 0. The van der Waals surface area contributed by atoms with Gasteiger partial charge in [0.2, 0.25) is 0 Å². The number of rotatable bonds is 49. The van der Waals surface area contributed by atoms with Crippen LogP contribution < -0.4 is 0 Å². The molecule has 0 rings (SSSR count). The number of esters is 3. The van der Waals surface area contributed by atoms with Crippen LogP contribution in [0, 0.1) is 0 Å². The molecule has 0 aromatic rings. The van der Waals surface area contributed by atoms with E-state index in [4.69, 9.17) is 14.2 Å². The van der Waals surface area contributed by atoms with E-state index >= 15 is 0 Å². The van der Waals surface area contributed by atoms with Crippen molar-refractivity contribution < 1.29 is 28.6 Å². The number of unbranched alkanes of at least 4 members (excludes halogenated alkanes) is 26. The normalized spacial score (nSPS) is 12.6. The van der Waals surface area contributed by atoms with Crippen molar-refractivity contribution in [2.45, 2.75) is 271 Å². The zero-order valence-corrected chi connectivity index (χ0v) is 42.7. The molecule has 0 unspecified atom stereocenters. The molecule has 374 valence electrons. The second kappa shape index (κ2) is 53.5. The van der Waals surface area contributed by atoms with Gasteiger partial charge in [-0.3, -0.25) is 14.4 Å². The maximum Gasteiger partial charge on any atom is 0.306 e. The predicted octanol–water partition coefficient (Wildman–Crippen LogP) is 18.2. The summed E-state index contributed by atoms with van der Waals surface area (Å²) in [5.41, 5.74) is 0. The summed E-state index contributed by atoms with van der Waals surface area (Å²) in [6.45, 7) is 6.47. The van der Waals surface area contributed by atoms with Crippen LogP contribution in [0.3, 0.4) is 0 Å². The number of carbonyl (C=O) groups is 3. The van der Waals surface area contributed by atoms with Crippen LogP contribution in [0.4, 0.5) is 0 Å². The highest BCUT2D eigenvalue weighted by atomic mass is 16.6. The molecule has 6 nitrogen and oxygen atoms in total. The molecule has 0 aromatic carbocycles. The maximum absolute atomic E-state index is 12.8. The lowest BCUT2D eigenvalue weighted by molar-refractivity contribution is -0.167. The Morgan fingerprint density at radius 2 is 0.600 bits per heavy atom. The van der Waals surface area contributed by atoms with Gasteiger partial charge in [0.25, 0.3) is 0 Å². The number of allylic oxidation sites excluding steroid dienone is 12. The highest BCUT2D eigenvalue weighted by Gasteiger charge is 2.19. The molecule has 0 heterocycles. The average molecular weight is 907 g/mol. The third kappa shape index (κ3) is 51.7. The second-order valence-electron chi connectivity index (χ2n) is 18.1. The van der Waals surface area contributed by atoms with Gasteiger partial charge in [-0.2, -0.15) is 0 Å². The van der Waals surface area contributed by atoms with Crippen LogP contribution in [0.25, 0.3) is 0 Å². The lowest BCUT2D eigenvalue weighted by Crippen LogP contribution is -2.30. The number of hydrogen-bond donors (Lipinski definition) is 0. The standard InChI is InChI=1S/C59H102O6/c1-4-7-10-13-16-19-22-25-27-28-29-30-32-34-37-40-43-46-49-52-58(61)64-55-56(54-63-57(60)51-48-45-42-39-36-33-24-21-18-15-12-9-6-3)65-59(62)53-50-47-44-41-38-35-31-26-23-20-17-14-11-8-5-2/h8,11,16-17,19-21,24-27,31,56H,4-7,9-10,12-15,18,22-23,28-30,32-55H2,1-3H3/b11-8-,19-16-,20-17-,24-21-,27-25-,31-26-/t56-/m1/s1. The summed E-state index contributed by atoms with van der Waals surface area (Å²) < 4.78 is 16.8. The topological polar surface area (TPSA) is 78.9 Å². The Morgan fingerprint density at radius 1 is 0.323 bits per heavy atom. The van der Waals surface area contributed by atoms with Gasteiger partial charge >= 0.3 is 17.9 Å². The van der Waals surface area contributed by atoms with E-state index in [9.17, 15) is 14.4 Å². The summed E-state index contributed by atoms with van der Waals surface area (Å²) in [6, 6.07) is 0. The maximum atomic E-state index is 12.8. The van der Waals surface area contributed by atoms with E-state index in [2.05, 4.69) is 93.7 Å². The first-order valence-corrected chi connectivity index (χ1v) is 27.4. The minimum atomic E-state index is -0.789. The molecule has 0 aliphatic rings. The Balaban J connectivity index is 4.39. The van der Waals surface area contributed by atoms with Gasteiger partial charge in [-0.25, -0.2) is 0 Å². The van der Waals surface area contributed by atoms with Gasteiger partial charge < -0.3 is 14.2 Å². The van der Waals surface area contributed by atoms with Crippen LogP contribution in [0.2, 0.25) is 0 Å². The third-order valence-corrected chi connectivity index (χ3v) is 11.7. The second-order valence-corrected chi connectivity index (χ2v) is 18.1. The molecule has 0 saturated carbocycles. The molecule has 0 saturated heterocycles. The largest absolute Gasteiger partial charge is 0.462 e. The van der Waals surface area contributed by atoms with Gasteiger partial charge in [-0.15, -0.1) is 0 Å². The molecule has 0 spiro atoms. The molecule has 0 fully saturated rings. The van der Waals surface area contributed by atoms with Crippen LogP contribution in [0.1, 0.15) is 265 Å². The molecule has 0 amide bonds. The summed E-state index contributed by atoms with van der Waals surface area (Å²) in [7, 11) is 0. The Bertz CT molecular complexity index is 1230. The zero-order valence-electron chi connectivity index (χ0n) is 42.7. The van der Waals surface area contributed by atoms with Crippen molar-refractivity contribution in [3.63, 3.8) is 0 Å². The van der Waals surface area contributed by atoms with E-state index in [1.165, 1.54) is 116 Å². The minimum Gasteiger partial charge on any atom is -0.462 e. The highest BCUT2D eigenvalue weighted by molar-refractivity contribution is 5.71. The quantitative estimate of drug-likeness (QED) is 0.0262. The molecule has 65 heavy (non-hydrogen) atoms. The number of hydrogen-bond acceptors (Lipinski definition) is 6. The van der Waals surface area contributed by atoms with Crippen molar-refractivity contribution in [3.05, 3.63) is 72.9 Å². The Labute approximate surface area is 402 Å². The van der Waals surface area contributed by atoms with Gasteiger partial charge in [0.15, 0.2) is 6.10 Å². The molecular weight excluding hydrogens is 805 g/mol. The van der Waals surface area contributed by atoms with E-state index in [-0.39, 0.29) is 31.1 Å². The summed E-state index contributed by atoms with van der Waals surface area (Å²) in [4.78, 5) is 38.1. The van der Waals surface area contributed by atoms with Gasteiger partial charge in [0, 0.05) is 19.3 Å². The van der Waals surface area contributed by atoms with Gasteiger partial charge in [0.05, 0.1) is 0 Å². The summed E-state index contributed by atoms with van der Waals surface area (Å²) in [6.07, 6.45) is 67.4. The minimum absolute atomic E-state index is 0.0871. The first kappa shape index (κ1) is 61.9. The van der Waals surface area contributed by atoms with Gasteiger partial charge in [-0.05, 0) is 109 Å². The molecule has 0 N–H and O–H groups in total. The Morgan fingerprint density at radius 3 is 0.985 bits per heavy atom. The Kier molecular flexibility index (Phi) is 50.9. The van der Waals surface area contributed by atoms with E-state index < -0.39 is 6.10 Å². The van der Waals surface area contributed by atoms with Gasteiger partial charge in [-0.1, -0.05) is 209 Å². The van der Waals surface area contributed by atoms with Crippen molar-refractivity contribution in [3.8, 4) is 0 Å². The molecule has 6 heteroatoms. The monoisotopic (exact) mass is 907 g/mol.